The van der Waals surface area contributed by atoms with Crippen LogP contribution in [0.3, 0.4) is 0 Å². The Morgan fingerprint density at radius 1 is 1.53 bits per heavy atom. The third kappa shape index (κ3) is 3.00. The Bertz CT molecular complexity index is 391. The molecule has 0 radical (unpaired) electrons. The Balaban J connectivity index is 2.88. The van der Waals surface area contributed by atoms with Crippen molar-refractivity contribution in [2.75, 3.05) is 6.61 Å². The molecule has 0 bridgehead atoms. The maximum Gasteiger partial charge on any atom is 0.263 e. The van der Waals surface area contributed by atoms with Crippen molar-refractivity contribution in [3.63, 3.8) is 0 Å². The lowest BCUT2D eigenvalue weighted by Gasteiger charge is -2.30. The van der Waals surface area contributed by atoms with E-state index in [1.54, 1.807) is 0 Å². The normalized spacial score (nSPS) is 11.6. The first-order valence-corrected chi connectivity index (χ1v) is 6.92. The highest BCUT2D eigenvalue weighted by atomic mass is 35.5. The van der Waals surface area contributed by atoms with Crippen LogP contribution in [0.2, 0.25) is 5.02 Å². The molecule has 0 aromatic carbocycles. The molecule has 96 valence electrons. The first-order chi connectivity index (χ1) is 7.99. The fourth-order valence-corrected chi connectivity index (χ4v) is 2.74. The van der Waals surface area contributed by atoms with E-state index in [2.05, 4.69) is 5.32 Å². The van der Waals surface area contributed by atoms with Gasteiger partial charge >= 0.3 is 0 Å². The second kappa shape index (κ2) is 5.85. The first-order valence-electron chi connectivity index (χ1n) is 5.66. The molecule has 3 nitrogen and oxygen atoms in total. The van der Waals surface area contributed by atoms with Gasteiger partial charge in [-0.25, -0.2) is 0 Å². The minimum Gasteiger partial charge on any atom is -0.394 e. The molecule has 0 fully saturated rings. The van der Waals surface area contributed by atoms with Crippen molar-refractivity contribution < 1.29 is 9.90 Å². The van der Waals surface area contributed by atoms with Gasteiger partial charge in [0.05, 0.1) is 17.2 Å². The maximum absolute atomic E-state index is 12.1. The summed E-state index contributed by atoms with van der Waals surface area (Å²) in [5.74, 6) is -0.203. The van der Waals surface area contributed by atoms with E-state index in [1.165, 1.54) is 11.3 Å². The van der Waals surface area contributed by atoms with Gasteiger partial charge in [0.25, 0.3) is 5.91 Å². The van der Waals surface area contributed by atoms with Crippen LogP contribution in [-0.2, 0) is 0 Å². The van der Waals surface area contributed by atoms with Gasteiger partial charge in [0, 0.05) is 0 Å². The van der Waals surface area contributed by atoms with Gasteiger partial charge in [-0.2, -0.15) is 0 Å². The Kier molecular flexibility index (Phi) is 4.98. The molecule has 5 heteroatoms. The second-order valence-electron chi connectivity index (χ2n) is 4.16. The molecule has 0 aliphatic heterocycles. The lowest BCUT2D eigenvalue weighted by Crippen LogP contribution is -2.50. The molecule has 0 unspecified atom stereocenters. The van der Waals surface area contributed by atoms with Crippen molar-refractivity contribution in [3.8, 4) is 0 Å². The summed E-state index contributed by atoms with van der Waals surface area (Å²) in [5, 5.41) is 14.7. The molecule has 1 rings (SSSR count). The summed E-state index contributed by atoms with van der Waals surface area (Å²) in [7, 11) is 0. The minimum absolute atomic E-state index is 0.0618. The standard InChI is InChI=1S/C12H18ClNO2S/c1-4-12(5-2,7-15)14-11(16)10-9(13)8(3)6-17-10/h6,15H,4-5,7H2,1-3H3,(H,14,16). The van der Waals surface area contributed by atoms with Gasteiger partial charge in [-0.15, -0.1) is 11.3 Å². The number of hydrogen-bond donors (Lipinski definition) is 2. The molecular weight excluding hydrogens is 258 g/mol. The van der Waals surface area contributed by atoms with Crippen molar-refractivity contribution in [3.05, 3.63) is 20.8 Å². The monoisotopic (exact) mass is 275 g/mol. The van der Waals surface area contributed by atoms with Crippen molar-refractivity contribution >= 4 is 28.8 Å². The van der Waals surface area contributed by atoms with Gasteiger partial charge in [0.1, 0.15) is 4.88 Å². The molecule has 0 aliphatic rings. The van der Waals surface area contributed by atoms with E-state index >= 15 is 0 Å². The second-order valence-corrected chi connectivity index (χ2v) is 5.42. The van der Waals surface area contributed by atoms with Crippen LogP contribution in [-0.4, -0.2) is 23.2 Å². The van der Waals surface area contributed by atoms with Crippen LogP contribution in [0.15, 0.2) is 5.38 Å². The average Bonchev–Trinajstić information content (AvgIpc) is 2.67. The summed E-state index contributed by atoms with van der Waals surface area (Å²) in [4.78, 5) is 12.6. The number of aliphatic hydroxyl groups is 1. The maximum atomic E-state index is 12.1. The molecule has 1 heterocycles. The zero-order chi connectivity index (χ0) is 13.1. The smallest absolute Gasteiger partial charge is 0.263 e. The van der Waals surface area contributed by atoms with E-state index in [1.807, 2.05) is 26.2 Å². The number of carbonyl (C=O) groups is 1. The van der Waals surface area contributed by atoms with Crippen LogP contribution in [0.4, 0.5) is 0 Å². The van der Waals surface area contributed by atoms with Gasteiger partial charge in [-0.3, -0.25) is 4.79 Å². The van der Waals surface area contributed by atoms with Gasteiger partial charge in [-0.05, 0) is 30.7 Å². The van der Waals surface area contributed by atoms with Crippen LogP contribution in [0.25, 0.3) is 0 Å². The largest absolute Gasteiger partial charge is 0.394 e. The Hall–Kier alpha value is -0.580. The quantitative estimate of drug-likeness (QED) is 0.868. The number of hydrogen-bond acceptors (Lipinski definition) is 3. The highest BCUT2D eigenvalue weighted by Crippen LogP contribution is 2.28. The molecule has 2 N–H and O–H groups in total. The van der Waals surface area contributed by atoms with Crippen LogP contribution < -0.4 is 5.32 Å². The summed E-state index contributed by atoms with van der Waals surface area (Å²) < 4.78 is 0. The summed E-state index contributed by atoms with van der Waals surface area (Å²) in [6, 6.07) is 0. The van der Waals surface area contributed by atoms with Crippen LogP contribution in [0.1, 0.15) is 41.9 Å². The van der Waals surface area contributed by atoms with E-state index in [9.17, 15) is 9.90 Å². The number of carbonyl (C=O) groups excluding carboxylic acids is 1. The number of halogens is 1. The van der Waals surface area contributed by atoms with Crippen LogP contribution in [0, 0.1) is 6.92 Å². The number of aryl methyl sites for hydroxylation is 1. The number of aliphatic hydroxyl groups excluding tert-OH is 1. The van der Waals surface area contributed by atoms with E-state index in [0.29, 0.717) is 22.7 Å². The molecule has 1 amide bonds. The van der Waals surface area contributed by atoms with E-state index in [4.69, 9.17) is 11.6 Å². The highest BCUT2D eigenvalue weighted by Gasteiger charge is 2.29. The van der Waals surface area contributed by atoms with Crippen LogP contribution in [0.5, 0.6) is 0 Å². The fraction of sp³-hybridized carbons (Fsp3) is 0.583. The Morgan fingerprint density at radius 3 is 2.47 bits per heavy atom. The van der Waals surface area contributed by atoms with E-state index in [-0.39, 0.29) is 12.5 Å². The Morgan fingerprint density at radius 2 is 2.12 bits per heavy atom. The van der Waals surface area contributed by atoms with Gasteiger partial charge in [-0.1, -0.05) is 25.4 Å². The van der Waals surface area contributed by atoms with Gasteiger partial charge < -0.3 is 10.4 Å². The predicted octanol–water partition coefficient (Wildman–Crippen LogP) is 2.99. The lowest BCUT2D eigenvalue weighted by molar-refractivity contribution is 0.0822. The molecular formula is C12H18ClNO2S. The highest BCUT2D eigenvalue weighted by molar-refractivity contribution is 7.13. The average molecular weight is 276 g/mol. The summed E-state index contributed by atoms with van der Waals surface area (Å²) in [6.45, 7) is 5.70. The summed E-state index contributed by atoms with van der Waals surface area (Å²) in [5.41, 5.74) is 0.364. The molecule has 0 aliphatic carbocycles. The molecule has 1 aromatic heterocycles. The zero-order valence-corrected chi connectivity index (χ0v) is 11.9. The topological polar surface area (TPSA) is 49.3 Å². The molecule has 17 heavy (non-hydrogen) atoms. The summed E-state index contributed by atoms with van der Waals surface area (Å²) in [6.07, 6.45) is 1.38. The van der Waals surface area contributed by atoms with Crippen molar-refractivity contribution in [1.82, 2.24) is 5.32 Å². The van der Waals surface area contributed by atoms with Crippen molar-refractivity contribution in [2.45, 2.75) is 39.2 Å². The van der Waals surface area contributed by atoms with Gasteiger partial charge in [0.2, 0.25) is 0 Å². The summed E-state index contributed by atoms with van der Waals surface area (Å²) >= 11 is 7.38. The van der Waals surface area contributed by atoms with Gasteiger partial charge in [0.15, 0.2) is 0 Å². The molecule has 1 aromatic rings. The van der Waals surface area contributed by atoms with Crippen molar-refractivity contribution in [2.24, 2.45) is 0 Å². The van der Waals surface area contributed by atoms with E-state index in [0.717, 1.165) is 5.56 Å². The number of amides is 1. The third-order valence-corrected chi connectivity index (χ3v) is 4.84. The number of nitrogens with one attached hydrogen (secondary N) is 1. The van der Waals surface area contributed by atoms with Crippen LogP contribution >= 0.6 is 22.9 Å². The first kappa shape index (κ1) is 14.5. The number of rotatable bonds is 5. The number of thiophene rings is 1. The molecule has 0 saturated heterocycles. The SMILES string of the molecule is CCC(CC)(CO)NC(=O)c1scc(C)c1Cl. The molecule has 0 atom stereocenters. The lowest BCUT2D eigenvalue weighted by atomic mass is 9.94. The molecule has 0 saturated carbocycles. The molecule has 0 spiro atoms. The van der Waals surface area contributed by atoms with E-state index < -0.39 is 5.54 Å². The third-order valence-electron chi connectivity index (χ3n) is 3.14. The predicted molar refractivity (Wildman–Crippen MR) is 71.9 cm³/mol. The Labute approximate surface area is 111 Å². The zero-order valence-electron chi connectivity index (χ0n) is 10.3. The minimum atomic E-state index is -0.543. The van der Waals surface area contributed by atoms with Crippen molar-refractivity contribution in [1.29, 1.82) is 0 Å². The fourth-order valence-electron chi connectivity index (χ4n) is 1.57.